The lowest BCUT2D eigenvalue weighted by Crippen LogP contribution is -2.45. The number of benzene rings is 1. The smallest absolute Gasteiger partial charge is 0.271 e. The number of hydrogen-bond donors (Lipinski definition) is 2. The van der Waals surface area contributed by atoms with E-state index in [0.717, 1.165) is 45.4 Å². The van der Waals surface area contributed by atoms with Gasteiger partial charge in [0.2, 0.25) is 0 Å². The molecule has 1 saturated heterocycles. The van der Waals surface area contributed by atoms with Gasteiger partial charge in [-0.2, -0.15) is 0 Å². The molecule has 6 nitrogen and oxygen atoms in total. The van der Waals surface area contributed by atoms with Crippen molar-refractivity contribution in [2.24, 2.45) is 0 Å². The average molecular weight is 445 g/mol. The molecule has 0 saturated carbocycles. The molecule has 1 aromatic carbocycles. The molecule has 0 aromatic heterocycles. The number of hydrogen-bond acceptors (Lipinski definition) is 5. The molecule has 1 heterocycles. The van der Waals surface area contributed by atoms with Crippen LogP contribution in [0.1, 0.15) is 37.8 Å². The zero-order valence-electron chi connectivity index (χ0n) is 13.5. The van der Waals surface area contributed by atoms with Crippen LogP contribution in [0.5, 0.6) is 5.75 Å². The molecule has 1 aromatic rings. The van der Waals surface area contributed by atoms with Crippen molar-refractivity contribution in [3.05, 3.63) is 32.3 Å². The summed E-state index contributed by atoms with van der Waals surface area (Å²) in [6, 6.07) is 2.88. The SMILES string of the molecule is CCCC[C@@H](c1cc([N+](=O)[O-])cc(Br)c1O)N1CCNCC1.Cl.Cl. The maximum Gasteiger partial charge on any atom is 0.271 e. The van der Waals surface area contributed by atoms with Gasteiger partial charge in [0.1, 0.15) is 5.75 Å². The molecule has 1 fully saturated rings. The van der Waals surface area contributed by atoms with Crippen molar-refractivity contribution >= 4 is 46.4 Å². The molecule has 24 heavy (non-hydrogen) atoms. The number of phenolic OH excluding ortho intramolecular Hbond substituents is 1. The van der Waals surface area contributed by atoms with E-state index < -0.39 is 4.92 Å². The van der Waals surface area contributed by atoms with Gasteiger partial charge in [0.15, 0.2) is 0 Å². The summed E-state index contributed by atoms with van der Waals surface area (Å²) in [4.78, 5) is 13.0. The van der Waals surface area contributed by atoms with Gasteiger partial charge in [0.05, 0.1) is 9.40 Å². The van der Waals surface area contributed by atoms with Crippen molar-refractivity contribution in [3.63, 3.8) is 0 Å². The maximum atomic E-state index is 11.1. The molecular formula is C15H24BrCl2N3O3. The molecule has 9 heteroatoms. The predicted molar refractivity (Wildman–Crippen MR) is 104 cm³/mol. The number of nitro benzene ring substituents is 1. The highest BCUT2D eigenvalue weighted by Gasteiger charge is 2.27. The lowest BCUT2D eigenvalue weighted by molar-refractivity contribution is -0.385. The van der Waals surface area contributed by atoms with Gasteiger partial charge >= 0.3 is 0 Å². The fourth-order valence-corrected chi connectivity index (χ4v) is 3.35. The van der Waals surface area contributed by atoms with Crippen molar-refractivity contribution in [3.8, 4) is 5.75 Å². The van der Waals surface area contributed by atoms with Gasteiger partial charge in [-0.05, 0) is 22.4 Å². The van der Waals surface area contributed by atoms with Crippen LogP contribution < -0.4 is 5.32 Å². The van der Waals surface area contributed by atoms with Crippen molar-refractivity contribution in [1.82, 2.24) is 10.2 Å². The number of phenols is 1. The highest BCUT2D eigenvalue weighted by Crippen LogP contribution is 2.40. The van der Waals surface area contributed by atoms with Crippen molar-refractivity contribution in [2.75, 3.05) is 26.2 Å². The largest absolute Gasteiger partial charge is 0.506 e. The summed E-state index contributed by atoms with van der Waals surface area (Å²) in [6.45, 7) is 5.69. The first-order valence-electron chi connectivity index (χ1n) is 7.66. The Morgan fingerprint density at radius 1 is 1.38 bits per heavy atom. The number of unbranched alkanes of at least 4 members (excludes halogenated alkanes) is 1. The van der Waals surface area contributed by atoms with E-state index in [1.165, 1.54) is 12.1 Å². The number of nitrogens with one attached hydrogen (secondary N) is 1. The van der Waals surface area contributed by atoms with Crippen molar-refractivity contribution in [1.29, 1.82) is 0 Å². The first kappa shape index (κ1) is 23.4. The van der Waals surface area contributed by atoms with Gasteiger partial charge in [-0.25, -0.2) is 0 Å². The third kappa shape index (κ3) is 5.74. The fraction of sp³-hybridized carbons (Fsp3) is 0.600. The first-order valence-corrected chi connectivity index (χ1v) is 8.45. The number of halogens is 3. The Morgan fingerprint density at radius 3 is 2.54 bits per heavy atom. The maximum absolute atomic E-state index is 11.1. The second-order valence-electron chi connectivity index (χ2n) is 5.57. The highest BCUT2D eigenvalue weighted by atomic mass is 79.9. The van der Waals surface area contributed by atoms with Crippen molar-refractivity contribution in [2.45, 2.75) is 32.2 Å². The minimum Gasteiger partial charge on any atom is -0.506 e. The van der Waals surface area contributed by atoms with E-state index in [1.54, 1.807) is 0 Å². The number of rotatable bonds is 6. The van der Waals surface area contributed by atoms with Crippen LogP contribution in [-0.4, -0.2) is 41.1 Å². The number of non-ortho nitro benzene ring substituents is 1. The van der Waals surface area contributed by atoms with Crippen LogP contribution in [0.15, 0.2) is 16.6 Å². The summed E-state index contributed by atoms with van der Waals surface area (Å²) >= 11 is 3.24. The van der Waals surface area contributed by atoms with Gasteiger partial charge in [-0.1, -0.05) is 19.8 Å². The third-order valence-electron chi connectivity index (χ3n) is 4.07. The summed E-state index contributed by atoms with van der Waals surface area (Å²) in [5, 5.41) is 24.8. The van der Waals surface area contributed by atoms with Gasteiger partial charge in [0, 0.05) is 49.9 Å². The Kier molecular flexibility index (Phi) is 10.8. The van der Waals surface area contributed by atoms with Crippen LogP contribution in [-0.2, 0) is 0 Å². The zero-order chi connectivity index (χ0) is 16.1. The van der Waals surface area contributed by atoms with Gasteiger partial charge in [0.25, 0.3) is 5.69 Å². The first-order chi connectivity index (χ1) is 10.5. The predicted octanol–water partition coefficient (Wildman–Crippen LogP) is 4.04. The molecule has 1 aliphatic rings. The normalized spacial score (nSPS) is 15.9. The van der Waals surface area contributed by atoms with E-state index in [-0.39, 0.29) is 42.3 Å². The Morgan fingerprint density at radius 2 is 2.00 bits per heavy atom. The lowest BCUT2D eigenvalue weighted by atomic mass is 9.97. The monoisotopic (exact) mass is 443 g/mol. The number of aromatic hydroxyl groups is 1. The minimum absolute atomic E-state index is 0. The van der Waals surface area contributed by atoms with Crippen LogP contribution in [0.3, 0.4) is 0 Å². The second kappa shape index (κ2) is 11.1. The molecule has 2 rings (SSSR count). The fourth-order valence-electron chi connectivity index (χ4n) is 2.89. The molecule has 138 valence electrons. The molecule has 0 radical (unpaired) electrons. The zero-order valence-corrected chi connectivity index (χ0v) is 16.8. The Balaban J connectivity index is 0.00000264. The number of nitro groups is 1. The van der Waals surface area contributed by atoms with Crippen LogP contribution in [0.25, 0.3) is 0 Å². The standard InChI is InChI=1S/C15H22BrN3O3.2ClH/c1-2-3-4-14(18-7-5-17-6-8-18)12-9-11(19(21)22)10-13(16)15(12)20;;/h9-10,14,17,20H,2-8H2,1H3;2*1H/t14-;;/m0../s1. The van der Waals surface area contributed by atoms with E-state index in [1.807, 2.05) is 0 Å². The van der Waals surface area contributed by atoms with Crippen molar-refractivity contribution < 1.29 is 10.0 Å². The molecule has 0 spiro atoms. The van der Waals surface area contributed by atoms with E-state index in [9.17, 15) is 15.2 Å². The molecule has 1 aliphatic heterocycles. The molecule has 0 amide bonds. The van der Waals surface area contributed by atoms with Gasteiger partial charge < -0.3 is 10.4 Å². The lowest BCUT2D eigenvalue weighted by Gasteiger charge is -2.35. The molecular weight excluding hydrogens is 421 g/mol. The minimum atomic E-state index is -0.414. The van der Waals surface area contributed by atoms with E-state index in [2.05, 4.69) is 33.1 Å². The van der Waals surface area contributed by atoms with E-state index in [0.29, 0.717) is 10.0 Å². The quantitative estimate of drug-likeness (QED) is 0.511. The molecule has 0 bridgehead atoms. The summed E-state index contributed by atoms with van der Waals surface area (Å²) in [5.74, 6) is 0.116. The van der Waals surface area contributed by atoms with Crippen LogP contribution in [0, 0.1) is 10.1 Å². The molecule has 0 unspecified atom stereocenters. The van der Waals surface area contributed by atoms with Crippen LogP contribution in [0.2, 0.25) is 0 Å². The van der Waals surface area contributed by atoms with E-state index >= 15 is 0 Å². The molecule has 1 atom stereocenters. The van der Waals surface area contributed by atoms with Gasteiger partial charge in [-0.3, -0.25) is 15.0 Å². The van der Waals surface area contributed by atoms with E-state index in [4.69, 9.17) is 0 Å². The topological polar surface area (TPSA) is 78.6 Å². The van der Waals surface area contributed by atoms with Crippen LogP contribution >= 0.6 is 40.7 Å². The Bertz CT molecular complexity index is 543. The summed E-state index contributed by atoms with van der Waals surface area (Å²) < 4.78 is 0.383. The van der Waals surface area contributed by atoms with Gasteiger partial charge in [-0.15, -0.1) is 24.8 Å². The number of piperazine rings is 1. The number of nitrogens with zero attached hydrogens (tertiary/aromatic N) is 2. The average Bonchev–Trinajstić information content (AvgIpc) is 2.52. The Hall–Kier alpha value is -0.600. The molecule has 2 N–H and O–H groups in total. The summed E-state index contributed by atoms with van der Waals surface area (Å²) in [7, 11) is 0. The third-order valence-corrected chi connectivity index (χ3v) is 4.68. The van der Waals surface area contributed by atoms with Crippen LogP contribution in [0.4, 0.5) is 5.69 Å². The highest BCUT2D eigenvalue weighted by molar-refractivity contribution is 9.10. The second-order valence-corrected chi connectivity index (χ2v) is 6.42. The Labute approximate surface area is 163 Å². The summed E-state index contributed by atoms with van der Waals surface area (Å²) in [5.41, 5.74) is 0.660. The molecule has 0 aliphatic carbocycles. The summed E-state index contributed by atoms with van der Waals surface area (Å²) in [6.07, 6.45) is 2.96.